The fourth-order valence-corrected chi connectivity index (χ4v) is 1.55. The lowest BCUT2D eigenvalue weighted by atomic mass is 10.1. The molecule has 0 fully saturated rings. The van der Waals surface area contributed by atoms with Gasteiger partial charge in [0, 0.05) is 6.92 Å². The number of carbonyl (C=O) groups excluding carboxylic acids is 1. The van der Waals surface area contributed by atoms with Gasteiger partial charge in [0.25, 0.3) is 0 Å². The lowest BCUT2D eigenvalue weighted by molar-refractivity contribution is -0.144. The van der Waals surface area contributed by atoms with Crippen LogP contribution in [0.25, 0.3) is 0 Å². The Hall–Kier alpha value is -1.84. The average Bonchev–Trinajstić information content (AvgIpc) is 2.37. The minimum Gasteiger partial charge on any atom is -0.481 e. The maximum atomic E-state index is 11.9. The molecule has 0 aliphatic carbocycles. The SMILES string of the molecule is CCOC(=O)C(N=C(C)OCC)c1ccccc1. The molecule has 4 heteroatoms. The van der Waals surface area contributed by atoms with Crippen LogP contribution in [0.5, 0.6) is 0 Å². The van der Waals surface area contributed by atoms with E-state index in [1.165, 1.54) is 0 Å². The van der Waals surface area contributed by atoms with E-state index in [0.717, 1.165) is 5.56 Å². The van der Waals surface area contributed by atoms with E-state index in [-0.39, 0.29) is 5.97 Å². The van der Waals surface area contributed by atoms with Gasteiger partial charge in [-0.15, -0.1) is 0 Å². The fourth-order valence-electron chi connectivity index (χ4n) is 1.55. The number of nitrogens with zero attached hydrogens (tertiary/aromatic N) is 1. The number of esters is 1. The summed E-state index contributed by atoms with van der Waals surface area (Å²) in [6, 6.07) is 8.68. The quantitative estimate of drug-likeness (QED) is 0.458. The molecule has 0 amide bonds. The van der Waals surface area contributed by atoms with Crippen molar-refractivity contribution in [1.29, 1.82) is 0 Å². The molecular formula is C14H19NO3. The first kappa shape index (κ1) is 14.2. The highest BCUT2D eigenvalue weighted by Crippen LogP contribution is 2.19. The molecule has 0 aliphatic heterocycles. The highest BCUT2D eigenvalue weighted by atomic mass is 16.5. The largest absolute Gasteiger partial charge is 0.481 e. The summed E-state index contributed by atoms with van der Waals surface area (Å²) in [6.07, 6.45) is 0. The van der Waals surface area contributed by atoms with E-state index in [9.17, 15) is 4.79 Å². The Balaban J connectivity index is 2.96. The summed E-state index contributed by atoms with van der Waals surface area (Å²) < 4.78 is 10.3. The van der Waals surface area contributed by atoms with Crippen LogP contribution in [0, 0.1) is 0 Å². The van der Waals surface area contributed by atoms with Crippen LogP contribution in [0.15, 0.2) is 35.3 Å². The van der Waals surface area contributed by atoms with Crippen LogP contribution < -0.4 is 0 Å². The summed E-state index contributed by atoms with van der Waals surface area (Å²) in [5, 5.41) is 0. The van der Waals surface area contributed by atoms with Crippen LogP contribution in [0.4, 0.5) is 0 Å². The van der Waals surface area contributed by atoms with Gasteiger partial charge in [0.05, 0.1) is 13.2 Å². The highest BCUT2D eigenvalue weighted by Gasteiger charge is 2.21. The molecule has 1 rings (SSSR count). The van der Waals surface area contributed by atoms with Gasteiger partial charge in [0.2, 0.25) is 0 Å². The number of ether oxygens (including phenoxy) is 2. The Labute approximate surface area is 108 Å². The van der Waals surface area contributed by atoms with Gasteiger partial charge >= 0.3 is 5.97 Å². The fraction of sp³-hybridized carbons (Fsp3) is 0.429. The average molecular weight is 249 g/mol. The smallest absolute Gasteiger partial charge is 0.335 e. The number of hydrogen-bond donors (Lipinski definition) is 0. The Morgan fingerprint density at radius 2 is 1.78 bits per heavy atom. The molecule has 1 unspecified atom stereocenters. The van der Waals surface area contributed by atoms with Crippen molar-refractivity contribution in [3.8, 4) is 0 Å². The first-order chi connectivity index (χ1) is 8.69. The third-order valence-electron chi connectivity index (χ3n) is 2.29. The van der Waals surface area contributed by atoms with Crippen molar-refractivity contribution in [2.24, 2.45) is 4.99 Å². The normalized spacial score (nSPS) is 12.9. The predicted molar refractivity (Wildman–Crippen MR) is 70.6 cm³/mol. The maximum absolute atomic E-state index is 11.9. The number of hydrogen-bond acceptors (Lipinski definition) is 4. The van der Waals surface area contributed by atoms with Crippen LogP contribution in [0.1, 0.15) is 32.4 Å². The monoisotopic (exact) mass is 249 g/mol. The van der Waals surface area contributed by atoms with Crippen molar-refractivity contribution in [2.75, 3.05) is 13.2 Å². The molecular weight excluding hydrogens is 230 g/mol. The van der Waals surface area contributed by atoms with Crippen LogP contribution in [0.2, 0.25) is 0 Å². The molecule has 0 radical (unpaired) electrons. The number of aliphatic imine (C=N–C) groups is 1. The van der Waals surface area contributed by atoms with Crippen LogP contribution >= 0.6 is 0 Å². The molecule has 0 aliphatic rings. The zero-order valence-corrected chi connectivity index (χ0v) is 11.1. The summed E-state index contributed by atoms with van der Waals surface area (Å²) in [6.45, 7) is 6.25. The molecule has 1 aromatic carbocycles. The second-order valence-corrected chi connectivity index (χ2v) is 3.65. The van der Waals surface area contributed by atoms with Crippen LogP contribution in [0.3, 0.4) is 0 Å². The third-order valence-corrected chi connectivity index (χ3v) is 2.29. The number of rotatable bonds is 5. The Morgan fingerprint density at radius 1 is 1.17 bits per heavy atom. The molecule has 0 saturated carbocycles. The van der Waals surface area contributed by atoms with E-state index < -0.39 is 6.04 Å². The highest BCUT2D eigenvalue weighted by molar-refractivity contribution is 5.82. The van der Waals surface area contributed by atoms with Gasteiger partial charge in [-0.05, 0) is 19.4 Å². The van der Waals surface area contributed by atoms with E-state index in [1.54, 1.807) is 13.8 Å². The second kappa shape index (κ2) is 7.48. The molecule has 0 saturated heterocycles. The van der Waals surface area contributed by atoms with Crippen LogP contribution in [-0.4, -0.2) is 25.1 Å². The van der Waals surface area contributed by atoms with Gasteiger partial charge < -0.3 is 9.47 Å². The first-order valence-electron chi connectivity index (χ1n) is 6.07. The lowest BCUT2D eigenvalue weighted by Gasteiger charge is -2.13. The Morgan fingerprint density at radius 3 is 2.33 bits per heavy atom. The molecule has 98 valence electrons. The zero-order chi connectivity index (χ0) is 13.4. The molecule has 1 aromatic rings. The zero-order valence-electron chi connectivity index (χ0n) is 11.1. The molecule has 4 nitrogen and oxygen atoms in total. The van der Waals surface area contributed by atoms with Crippen molar-refractivity contribution in [3.63, 3.8) is 0 Å². The van der Waals surface area contributed by atoms with Crippen LogP contribution in [-0.2, 0) is 14.3 Å². The van der Waals surface area contributed by atoms with E-state index >= 15 is 0 Å². The van der Waals surface area contributed by atoms with Crippen molar-refractivity contribution >= 4 is 11.9 Å². The van der Waals surface area contributed by atoms with E-state index in [2.05, 4.69) is 4.99 Å². The molecule has 18 heavy (non-hydrogen) atoms. The van der Waals surface area contributed by atoms with Gasteiger partial charge in [0.1, 0.15) is 0 Å². The minimum atomic E-state index is -0.655. The Kier molecular flexibility index (Phi) is 5.91. The molecule has 1 atom stereocenters. The lowest BCUT2D eigenvalue weighted by Crippen LogP contribution is -2.16. The van der Waals surface area contributed by atoms with E-state index in [1.807, 2.05) is 37.3 Å². The molecule has 0 heterocycles. The van der Waals surface area contributed by atoms with E-state index in [4.69, 9.17) is 9.47 Å². The maximum Gasteiger partial charge on any atom is 0.335 e. The minimum absolute atomic E-state index is 0.339. The Bertz CT molecular complexity index is 401. The van der Waals surface area contributed by atoms with Gasteiger partial charge in [-0.1, -0.05) is 30.3 Å². The topological polar surface area (TPSA) is 47.9 Å². The standard InChI is InChI=1S/C14H19NO3/c1-4-17-11(3)15-13(14(16)18-5-2)12-9-7-6-8-10-12/h6-10,13H,4-5H2,1-3H3. The van der Waals surface area contributed by atoms with E-state index in [0.29, 0.717) is 19.1 Å². The van der Waals surface area contributed by atoms with Gasteiger partial charge in [0.15, 0.2) is 11.9 Å². The first-order valence-corrected chi connectivity index (χ1v) is 6.07. The summed E-state index contributed by atoms with van der Waals surface area (Å²) in [4.78, 5) is 16.2. The molecule has 0 spiro atoms. The third kappa shape index (κ3) is 4.20. The van der Waals surface area contributed by atoms with Gasteiger partial charge in [-0.2, -0.15) is 0 Å². The summed E-state index contributed by atoms with van der Waals surface area (Å²) in [5.74, 6) is 0.127. The summed E-state index contributed by atoms with van der Waals surface area (Å²) in [5.41, 5.74) is 0.801. The molecule has 0 N–H and O–H groups in total. The van der Waals surface area contributed by atoms with Crippen molar-refractivity contribution < 1.29 is 14.3 Å². The number of benzene rings is 1. The number of carbonyl (C=O) groups is 1. The molecule has 0 bridgehead atoms. The summed E-state index contributed by atoms with van der Waals surface area (Å²) in [7, 11) is 0. The van der Waals surface area contributed by atoms with Gasteiger partial charge in [-0.3, -0.25) is 0 Å². The second-order valence-electron chi connectivity index (χ2n) is 3.65. The predicted octanol–water partition coefficient (Wildman–Crippen LogP) is 2.75. The van der Waals surface area contributed by atoms with Crippen molar-refractivity contribution in [1.82, 2.24) is 0 Å². The van der Waals surface area contributed by atoms with Crippen molar-refractivity contribution in [2.45, 2.75) is 26.8 Å². The summed E-state index contributed by atoms with van der Waals surface area (Å²) >= 11 is 0. The van der Waals surface area contributed by atoms with Crippen molar-refractivity contribution in [3.05, 3.63) is 35.9 Å². The molecule has 0 aromatic heterocycles. The van der Waals surface area contributed by atoms with Gasteiger partial charge in [-0.25, -0.2) is 9.79 Å².